The second kappa shape index (κ2) is 5.99. The van der Waals surface area contributed by atoms with E-state index in [2.05, 4.69) is 21.7 Å². The number of carboxylic acids is 1. The third kappa shape index (κ3) is 3.01. The van der Waals surface area contributed by atoms with Crippen LogP contribution in [0.4, 0.5) is 5.82 Å². The third-order valence-corrected chi connectivity index (χ3v) is 4.40. The van der Waals surface area contributed by atoms with Crippen molar-refractivity contribution in [3.05, 3.63) is 23.9 Å². The maximum atomic E-state index is 10.9. The van der Waals surface area contributed by atoms with Gasteiger partial charge in [-0.05, 0) is 25.5 Å². The van der Waals surface area contributed by atoms with E-state index in [1.54, 1.807) is 6.07 Å². The molecule has 2 saturated heterocycles. The van der Waals surface area contributed by atoms with Crippen LogP contribution in [0.3, 0.4) is 0 Å². The van der Waals surface area contributed by atoms with Crippen LogP contribution in [0.1, 0.15) is 23.7 Å². The Hall–Kier alpha value is -1.66. The summed E-state index contributed by atoms with van der Waals surface area (Å²) in [5.41, 5.74) is 0.232. The van der Waals surface area contributed by atoms with Crippen LogP contribution in [0.2, 0.25) is 0 Å². The quantitative estimate of drug-likeness (QED) is 0.899. The summed E-state index contributed by atoms with van der Waals surface area (Å²) in [7, 11) is 0. The summed E-state index contributed by atoms with van der Waals surface area (Å²) < 4.78 is 5.41. The molecule has 3 heterocycles. The zero-order valence-corrected chi connectivity index (χ0v) is 12.2. The fourth-order valence-corrected chi connectivity index (χ4v) is 3.21. The second-order valence-electron chi connectivity index (χ2n) is 5.75. The van der Waals surface area contributed by atoms with Gasteiger partial charge in [-0.1, -0.05) is 0 Å². The zero-order valence-electron chi connectivity index (χ0n) is 12.2. The molecule has 1 aromatic heterocycles. The monoisotopic (exact) mass is 291 g/mol. The summed E-state index contributed by atoms with van der Waals surface area (Å²) in [6, 6.07) is 4.38. The van der Waals surface area contributed by atoms with Gasteiger partial charge in [0.2, 0.25) is 0 Å². The molecule has 0 amide bonds. The van der Waals surface area contributed by atoms with Gasteiger partial charge in [0.25, 0.3) is 0 Å². The van der Waals surface area contributed by atoms with Crippen molar-refractivity contribution < 1.29 is 14.6 Å². The molecular weight excluding hydrogens is 270 g/mol. The highest BCUT2D eigenvalue weighted by Gasteiger charge is 2.34. The maximum Gasteiger partial charge on any atom is 0.337 e. The fraction of sp³-hybridized carbons (Fsp3) is 0.600. The average Bonchev–Trinajstić information content (AvgIpc) is 2.90. The van der Waals surface area contributed by atoms with Gasteiger partial charge >= 0.3 is 5.97 Å². The number of hydrogen-bond donors (Lipinski definition) is 1. The van der Waals surface area contributed by atoms with Crippen molar-refractivity contribution in [2.45, 2.75) is 25.4 Å². The SMILES string of the molecule is CC1CC(N2CCOCC2)CN1c1ccc(C(=O)O)cn1. The predicted molar refractivity (Wildman–Crippen MR) is 78.8 cm³/mol. The summed E-state index contributed by atoms with van der Waals surface area (Å²) in [6.07, 6.45) is 2.55. The topological polar surface area (TPSA) is 65.9 Å². The van der Waals surface area contributed by atoms with Gasteiger partial charge in [-0.3, -0.25) is 4.90 Å². The second-order valence-corrected chi connectivity index (χ2v) is 5.75. The molecule has 2 aliphatic rings. The highest BCUT2D eigenvalue weighted by Crippen LogP contribution is 2.27. The maximum absolute atomic E-state index is 10.9. The van der Waals surface area contributed by atoms with Gasteiger partial charge < -0.3 is 14.7 Å². The smallest absolute Gasteiger partial charge is 0.337 e. The van der Waals surface area contributed by atoms with Crippen molar-refractivity contribution >= 4 is 11.8 Å². The Bertz CT molecular complexity index is 499. The number of morpholine rings is 1. The van der Waals surface area contributed by atoms with Crippen LogP contribution in [0.5, 0.6) is 0 Å². The van der Waals surface area contributed by atoms with Crippen molar-refractivity contribution in [2.75, 3.05) is 37.7 Å². The summed E-state index contributed by atoms with van der Waals surface area (Å²) in [6.45, 7) is 6.77. The summed E-state index contributed by atoms with van der Waals surface area (Å²) in [5.74, 6) is -0.0713. The van der Waals surface area contributed by atoms with Gasteiger partial charge in [-0.2, -0.15) is 0 Å². The Morgan fingerprint density at radius 2 is 2.14 bits per heavy atom. The molecule has 3 rings (SSSR count). The third-order valence-electron chi connectivity index (χ3n) is 4.40. The minimum Gasteiger partial charge on any atom is -0.478 e. The number of aromatic carboxylic acids is 1. The number of aromatic nitrogens is 1. The lowest BCUT2D eigenvalue weighted by Crippen LogP contribution is -2.44. The van der Waals surface area contributed by atoms with E-state index < -0.39 is 5.97 Å². The molecule has 2 unspecified atom stereocenters. The Labute approximate surface area is 124 Å². The molecule has 6 nitrogen and oxygen atoms in total. The number of rotatable bonds is 3. The Balaban J connectivity index is 1.69. The molecular formula is C15H21N3O3. The lowest BCUT2D eigenvalue weighted by molar-refractivity contribution is 0.0204. The number of hydrogen-bond acceptors (Lipinski definition) is 5. The number of ether oxygens (including phenoxy) is 1. The molecule has 6 heteroatoms. The average molecular weight is 291 g/mol. The van der Waals surface area contributed by atoms with E-state index in [1.165, 1.54) is 6.20 Å². The summed E-state index contributed by atoms with van der Waals surface area (Å²) in [4.78, 5) is 20.0. The van der Waals surface area contributed by atoms with Crippen molar-refractivity contribution in [3.63, 3.8) is 0 Å². The van der Waals surface area contributed by atoms with Gasteiger partial charge in [0.1, 0.15) is 5.82 Å². The fourth-order valence-electron chi connectivity index (χ4n) is 3.21. The first kappa shape index (κ1) is 14.3. The van der Waals surface area contributed by atoms with Gasteiger partial charge in [-0.25, -0.2) is 9.78 Å². The van der Waals surface area contributed by atoms with Crippen LogP contribution in [0, 0.1) is 0 Å². The van der Waals surface area contributed by atoms with Crippen molar-refractivity contribution in [2.24, 2.45) is 0 Å². The van der Waals surface area contributed by atoms with Gasteiger partial charge in [-0.15, -0.1) is 0 Å². The first-order chi connectivity index (χ1) is 10.1. The number of carboxylic acid groups (broad SMARTS) is 1. The molecule has 114 valence electrons. The van der Waals surface area contributed by atoms with E-state index in [1.807, 2.05) is 6.07 Å². The molecule has 0 bridgehead atoms. The van der Waals surface area contributed by atoms with Crippen molar-refractivity contribution in [1.29, 1.82) is 0 Å². The van der Waals surface area contributed by atoms with Crippen LogP contribution in [0.25, 0.3) is 0 Å². The Kier molecular flexibility index (Phi) is 4.07. The molecule has 0 aromatic carbocycles. The number of carbonyl (C=O) groups is 1. The number of nitrogens with zero attached hydrogens (tertiary/aromatic N) is 3. The minimum atomic E-state index is -0.935. The minimum absolute atomic E-state index is 0.232. The van der Waals surface area contributed by atoms with Crippen molar-refractivity contribution in [1.82, 2.24) is 9.88 Å². The molecule has 0 radical (unpaired) electrons. The zero-order chi connectivity index (χ0) is 14.8. The van der Waals surface area contributed by atoms with E-state index in [0.717, 1.165) is 45.1 Å². The largest absolute Gasteiger partial charge is 0.478 e. The van der Waals surface area contributed by atoms with Crippen LogP contribution in [0.15, 0.2) is 18.3 Å². The molecule has 0 aliphatic carbocycles. The standard InChI is InChI=1S/C15H21N3O3/c1-11-8-13(17-4-6-21-7-5-17)10-18(11)14-3-2-12(9-16-14)15(19)20/h2-3,9,11,13H,4-8,10H2,1H3,(H,19,20). The Morgan fingerprint density at radius 3 is 2.76 bits per heavy atom. The van der Waals surface area contributed by atoms with Gasteiger partial charge in [0.05, 0.1) is 18.8 Å². The highest BCUT2D eigenvalue weighted by molar-refractivity contribution is 5.87. The van der Waals surface area contributed by atoms with Crippen LogP contribution >= 0.6 is 0 Å². The molecule has 0 spiro atoms. The van der Waals surface area contributed by atoms with E-state index in [-0.39, 0.29) is 5.56 Å². The highest BCUT2D eigenvalue weighted by atomic mass is 16.5. The normalized spacial score (nSPS) is 27.0. The molecule has 2 fully saturated rings. The van der Waals surface area contributed by atoms with Gasteiger partial charge in [0, 0.05) is 37.9 Å². The molecule has 0 saturated carbocycles. The summed E-state index contributed by atoms with van der Waals surface area (Å²) >= 11 is 0. The van der Waals surface area contributed by atoms with E-state index in [4.69, 9.17) is 9.84 Å². The lowest BCUT2D eigenvalue weighted by Gasteiger charge is -2.32. The van der Waals surface area contributed by atoms with Crippen molar-refractivity contribution in [3.8, 4) is 0 Å². The van der Waals surface area contributed by atoms with E-state index in [0.29, 0.717) is 12.1 Å². The van der Waals surface area contributed by atoms with Gasteiger partial charge in [0.15, 0.2) is 0 Å². The summed E-state index contributed by atoms with van der Waals surface area (Å²) in [5, 5.41) is 8.93. The number of anilines is 1. The predicted octanol–water partition coefficient (Wildman–Crippen LogP) is 1.08. The van der Waals surface area contributed by atoms with E-state index in [9.17, 15) is 4.79 Å². The molecule has 2 aliphatic heterocycles. The van der Waals surface area contributed by atoms with Crippen LogP contribution in [-0.2, 0) is 4.74 Å². The first-order valence-corrected chi connectivity index (χ1v) is 7.43. The first-order valence-electron chi connectivity index (χ1n) is 7.43. The molecule has 1 N–H and O–H groups in total. The molecule has 21 heavy (non-hydrogen) atoms. The lowest BCUT2D eigenvalue weighted by atomic mass is 10.1. The molecule has 1 aromatic rings. The molecule has 2 atom stereocenters. The Morgan fingerprint density at radius 1 is 1.38 bits per heavy atom. The number of pyridine rings is 1. The van der Waals surface area contributed by atoms with Crippen LogP contribution in [-0.4, -0.2) is 65.9 Å². The van der Waals surface area contributed by atoms with Crippen LogP contribution < -0.4 is 4.90 Å². The van der Waals surface area contributed by atoms with E-state index >= 15 is 0 Å².